The molecule has 0 saturated carbocycles. The fraction of sp³-hybridized carbons (Fsp3) is 0.0500. The minimum atomic E-state index is -0.604. The van der Waals surface area contributed by atoms with E-state index in [2.05, 4.69) is 11.4 Å². The maximum absolute atomic E-state index is 12.4. The summed E-state index contributed by atoms with van der Waals surface area (Å²) in [4.78, 5) is 24.5. The summed E-state index contributed by atoms with van der Waals surface area (Å²) in [6, 6.07) is 18.6. The molecule has 128 valence electrons. The summed E-state index contributed by atoms with van der Waals surface area (Å²) in [6.07, 6.45) is 1.39. The number of nitriles is 1. The predicted molar refractivity (Wildman–Crippen MR) is 93.4 cm³/mol. The number of rotatable bonds is 5. The topological polar surface area (TPSA) is 92.3 Å². The lowest BCUT2D eigenvalue weighted by molar-refractivity contribution is 0.0473. The number of furan rings is 1. The molecule has 6 nitrogen and oxygen atoms in total. The first kappa shape index (κ1) is 17.0. The third-order valence-electron chi connectivity index (χ3n) is 3.64. The largest absolute Gasteiger partial charge is 0.459 e. The van der Waals surface area contributed by atoms with E-state index in [0.717, 1.165) is 0 Å². The second-order valence-corrected chi connectivity index (χ2v) is 5.32. The smallest absolute Gasteiger partial charge is 0.340 e. The lowest BCUT2D eigenvalue weighted by Gasteiger charge is -2.11. The Morgan fingerprint density at radius 2 is 1.81 bits per heavy atom. The van der Waals surface area contributed by atoms with Crippen molar-refractivity contribution >= 4 is 17.6 Å². The maximum atomic E-state index is 12.4. The molecular formula is C20H14N2O4. The highest BCUT2D eigenvalue weighted by Crippen LogP contribution is 2.19. The first-order chi connectivity index (χ1) is 12.7. The number of nitrogens with one attached hydrogen (secondary N) is 1. The number of ether oxygens (including phenoxy) is 1. The highest BCUT2D eigenvalue weighted by molar-refractivity contribution is 6.06. The van der Waals surface area contributed by atoms with E-state index in [1.165, 1.54) is 12.3 Å². The predicted octanol–water partition coefficient (Wildman–Crippen LogP) is 3.76. The van der Waals surface area contributed by atoms with Gasteiger partial charge in [0.05, 0.1) is 29.1 Å². The SMILES string of the molecule is N#Cc1ccccc1COC(=O)c1ccccc1NC(=O)c1ccco1. The molecule has 0 unspecified atom stereocenters. The van der Waals surface area contributed by atoms with Gasteiger partial charge in [-0.2, -0.15) is 5.26 Å². The Balaban J connectivity index is 1.74. The van der Waals surface area contributed by atoms with Gasteiger partial charge < -0.3 is 14.5 Å². The minimum absolute atomic E-state index is 0.0387. The van der Waals surface area contributed by atoms with Gasteiger partial charge in [-0.15, -0.1) is 0 Å². The van der Waals surface area contributed by atoms with Crippen molar-refractivity contribution in [2.45, 2.75) is 6.61 Å². The molecule has 3 aromatic rings. The molecule has 0 atom stereocenters. The van der Waals surface area contributed by atoms with Crippen molar-refractivity contribution in [2.75, 3.05) is 5.32 Å². The van der Waals surface area contributed by atoms with Crippen LogP contribution in [0.3, 0.4) is 0 Å². The van der Waals surface area contributed by atoms with E-state index in [4.69, 9.17) is 14.4 Å². The van der Waals surface area contributed by atoms with Crippen LogP contribution in [0.4, 0.5) is 5.69 Å². The van der Waals surface area contributed by atoms with Crippen LogP contribution in [0.2, 0.25) is 0 Å². The van der Waals surface area contributed by atoms with E-state index in [-0.39, 0.29) is 17.9 Å². The molecule has 26 heavy (non-hydrogen) atoms. The van der Waals surface area contributed by atoms with Crippen molar-refractivity contribution in [3.63, 3.8) is 0 Å². The molecule has 1 aromatic heterocycles. The minimum Gasteiger partial charge on any atom is -0.459 e. The highest BCUT2D eigenvalue weighted by atomic mass is 16.5. The van der Waals surface area contributed by atoms with Gasteiger partial charge in [0.1, 0.15) is 6.61 Å². The summed E-state index contributed by atoms with van der Waals surface area (Å²) in [5.74, 6) is -0.936. The number of anilines is 1. The molecule has 2 aromatic carbocycles. The summed E-state index contributed by atoms with van der Waals surface area (Å²) in [6.45, 7) is -0.0387. The van der Waals surface area contributed by atoms with Gasteiger partial charge in [0.2, 0.25) is 0 Å². The van der Waals surface area contributed by atoms with Crippen LogP contribution in [-0.2, 0) is 11.3 Å². The molecule has 0 aliphatic carbocycles. The number of hydrogen-bond acceptors (Lipinski definition) is 5. The van der Waals surface area contributed by atoms with Crippen molar-refractivity contribution in [3.8, 4) is 6.07 Å². The van der Waals surface area contributed by atoms with Gasteiger partial charge in [-0.05, 0) is 30.3 Å². The molecule has 3 rings (SSSR count). The fourth-order valence-electron chi connectivity index (χ4n) is 2.34. The number of nitrogens with zero attached hydrogens (tertiary/aromatic N) is 1. The van der Waals surface area contributed by atoms with E-state index >= 15 is 0 Å². The van der Waals surface area contributed by atoms with E-state index in [9.17, 15) is 9.59 Å². The molecule has 0 fully saturated rings. The number of benzene rings is 2. The monoisotopic (exact) mass is 346 g/mol. The first-order valence-electron chi connectivity index (χ1n) is 7.78. The number of carbonyl (C=O) groups excluding carboxylic acids is 2. The molecule has 0 aliphatic rings. The van der Waals surface area contributed by atoms with Gasteiger partial charge in [0.15, 0.2) is 5.76 Å². The van der Waals surface area contributed by atoms with Gasteiger partial charge in [-0.1, -0.05) is 30.3 Å². The number of hydrogen-bond donors (Lipinski definition) is 1. The Kier molecular flexibility index (Phi) is 5.11. The van der Waals surface area contributed by atoms with Gasteiger partial charge in [0, 0.05) is 5.56 Å². The van der Waals surface area contributed by atoms with Crippen LogP contribution in [0, 0.1) is 11.3 Å². The van der Waals surface area contributed by atoms with Crippen molar-refractivity contribution in [1.29, 1.82) is 5.26 Å². The molecule has 0 bridgehead atoms. The van der Waals surface area contributed by atoms with E-state index in [0.29, 0.717) is 16.8 Å². The quantitative estimate of drug-likeness (QED) is 0.710. The van der Waals surface area contributed by atoms with Crippen LogP contribution in [0.15, 0.2) is 71.3 Å². The molecule has 1 amide bonds. The zero-order valence-corrected chi connectivity index (χ0v) is 13.6. The molecule has 0 spiro atoms. The summed E-state index contributed by atoms with van der Waals surface area (Å²) in [5, 5.41) is 11.7. The van der Waals surface area contributed by atoms with E-state index < -0.39 is 11.9 Å². The van der Waals surface area contributed by atoms with Crippen LogP contribution in [0.25, 0.3) is 0 Å². The molecular weight excluding hydrogens is 332 g/mol. The molecule has 1 N–H and O–H groups in total. The first-order valence-corrected chi connectivity index (χ1v) is 7.78. The Labute approximate surface area is 149 Å². The van der Waals surface area contributed by atoms with Crippen LogP contribution >= 0.6 is 0 Å². The second-order valence-electron chi connectivity index (χ2n) is 5.32. The Bertz CT molecular complexity index is 971. The molecule has 0 aliphatic heterocycles. The third-order valence-corrected chi connectivity index (χ3v) is 3.64. The van der Waals surface area contributed by atoms with E-state index in [1.54, 1.807) is 54.6 Å². The average molecular weight is 346 g/mol. The van der Waals surface area contributed by atoms with Crippen molar-refractivity contribution < 1.29 is 18.7 Å². The molecule has 1 heterocycles. The second kappa shape index (κ2) is 7.81. The van der Waals surface area contributed by atoms with Gasteiger partial charge in [-0.25, -0.2) is 4.79 Å². The molecule has 0 radical (unpaired) electrons. The number of amides is 1. The zero-order valence-electron chi connectivity index (χ0n) is 13.6. The number of carbonyl (C=O) groups is 2. The van der Waals surface area contributed by atoms with Gasteiger partial charge in [0.25, 0.3) is 5.91 Å². The summed E-state index contributed by atoms with van der Waals surface area (Å²) in [5.41, 5.74) is 1.58. The summed E-state index contributed by atoms with van der Waals surface area (Å²) < 4.78 is 10.3. The van der Waals surface area contributed by atoms with Gasteiger partial charge >= 0.3 is 5.97 Å². The highest BCUT2D eigenvalue weighted by Gasteiger charge is 2.17. The van der Waals surface area contributed by atoms with Crippen molar-refractivity contribution in [1.82, 2.24) is 0 Å². The molecule has 6 heteroatoms. The van der Waals surface area contributed by atoms with Crippen LogP contribution < -0.4 is 5.32 Å². The fourth-order valence-corrected chi connectivity index (χ4v) is 2.34. The Morgan fingerprint density at radius 1 is 1.04 bits per heavy atom. The third kappa shape index (κ3) is 3.79. The van der Waals surface area contributed by atoms with Crippen LogP contribution in [-0.4, -0.2) is 11.9 Å². The van der Waals surface area contributed by atoms with Crippen molar-refractivity contribution in [2.24, 2.45) is 0 Å². The van der Waals surface area contributed by atoms with Crippen LogP contribution in [0.5, 0.6) is 0 Å². The summed E-state index contributed by atoms with van der Waals surface area (Å²) >= 11 is 0. The lowest BCUT2D eigenvalue weighted by Crippen LogP contribution is -2.15. The van der Waals surface area contributed by atoms with E-state index in [1.807, 2.05) is 0 Å². The van der Waals surface area contributed by atoms with Gasteiger partial charge in [-0.3, -0.25) is 4.79 Å². The zero-order chi connectivity index (χ0) is 18.4. The standard InChI is InChI=1S/C20H14N2O4/c21-12-14-6-1-2-7-15(14)13-26-20(24)16-8-3-4-9-17(16)22-19(23)18-10-5-11-25-18/h1-11H,13H2,(H,22,23). The number of esters is 1. The average Bonchev–Trinajstić information content (AvgIpc) is 3.21. The number of para-hydroxylation sites is 1. The van der Waals surface area contributed by atoms with Crippen LogP contribution in [0.1, 0.15) is 32.0 Å². The molecule has 0 saturated heterocycles. The Morgan fingerprint density at radius 3 is 2.58 bits per heavy atom. The van der Waals surface area contributed by atoms with Crippen molar-refractivity contribution in [3.05, 3.63) is 89.4 Å². The normalized spacial score (nSPS) is 9.96. The lowest BCUT2D eigenvalue weighted by atomic mass is 10.1. The Hall–Kier alpha value is -3.85. The summed E-state index contributed by atoms with van der Waals surface area (Å²) in [7, 11) is 0. The maximum Gasteiger partial charge on any atom is 0.340 e.